The molecule has 1 aromatic rings. The van der Waals surface area contributed by atoms with Gasteiger partial charge in [0.2, 0.25) is 11.8 Å². The van der Waals surface area contributed by atoms with E-state index in [0.29, 0.717) is 19.1 Å². The molecule has 1 heterocycles. The van der Waals surface area contributed by atoms with Crippen molar-refractivity contribution in [2.75, 3.05) is 19.8 Å². The number of aldehydes is 1. The van der Waals surface area contributed by atoms with Crippen LogP contribution in [0.2, 0.25) is 0 Å². The summed E-state index contributed by atoms with van der Waals surface area (Å²) in [4.78, 5) is 34.9. The zero-order valence-electron chi connectivity index (χ0n) is 16.0. The number of rotatable bonds is 10. The average molecular weight is 429 g/mol. The number of aliphatic hydroxyl groups is 2. The summed E-state index contributed by atoms with van der Waals surface area (Å²) >= 11 is 0. The Labute approximate surface area is 176 Å². The van der Waals surface area contributed by atoms with Gasteiger partial charge in [-0.15, -0.1) is 0 Å². The molecule has 9 nitrogen and oxygen atoms in total. The van der Waals surface area contributed by atoms with Crippen LogP contribution < -0.4 is 10.6 Å². The van der Waals surface area contributed by atoms with E-state index in [0.717, 1.165) is 5.56 Å². The third-order valence-corrected chi connectivity index (χ3v) is 4.20. The Kier molecular flexibility index (Phi) is 11.5. The summed E-state index contributed by atoms with van der Waals surface area (Å²) in [5.74, 6) is -1.03. The van der Waals surface area contributed by atoms with Crippen molar-refractivity contribution < 1.29 is 34.1 Å². The Morgan fingerprint density at radius 2 is 1.97 bits per heavy atom. The van der Waals surface area contributed by atoms with Crippen molar-refractivity contribution in [1.29, 1.82) is 0 Å². The molecular formula is C19H28N2O7S. The third-order valence-electron chi connectivity index (χ3n) is 4.20. The normalized spacial score (nSPS) is 22.1. The third kappa shape index (κ3) is 9.37. The minimum absolute atomic E-state index is 0. The lowest BCUT2D eigenvalue weighted by atomic mass is 10.1. The van der Waals surface area contributed by atoms with Gasteiger partial charge in [-0.3, -0.25) is 9.59 Å². The maximum atomic E-state index is 11.9. The van der Waals surface area contributed by atoms with Gasteiger partial charge in [0.15, 0.2) is 6.29 Å². The zero-order chi connectivity index (χ0) is 20.4. The number of hydrogen-bond acceptors (Lipinski definition) is 7. The smallest absolute Gasteiger partial charge is 0.246 e. The van der Waals surface area contributed by atoms with Crippen LogP contribution in [0.4, 0.5) is 0 Å². The summed E-state index contributed by atoms with van der Waals surface area (Å²) in [7, 11) is 0. The minimum atomic E-state index is -0.800. The summed E-state index contributed by atoms with van der Waals surface area (Å²) in [6, 6.07) is 8.57. The standard InChI is InChI=1S/C19H26N2O7.H2S/c22-10-14(6-13-4-2-1-3-5-13)21-17(25)9-20-18(26)12-27-19-8-15(24)7-16(11-23)28-19;/h1-5,10,14-16,19,23-24H,6-9,11-12H2,(H,20,26)(H,21,25);1H2/t14-,15-,16-,19+;/m0./s1. The van der Waals surface area contributed by atoms with Gasteiger partial charge in [-0.05, 0) is 12.0 Å². The monoisotopic (exact) mass is 428 g/mol. The maximum absolute atomic E-state index is 11.9. The maximum Gasteiger partial charge on any atom is 0.246 e. The first kappa shape index (κ1) is 25.1. The molecule has 1 aliphatic rings. The van der Waals surface area contributed by atoms with Crippen molar-refractivity contribution in [2.45, 2.75) is 43.8 Å². The molecule has 0 bridgehead atoms. The quantitative estimate of drug-likeness (QED) is 0.352. The molecule has 0 spiro atoms. The van der Waals surface area contributed by atoms with E-state index in [1.54, 1.807) is 0 Å². The van der Waals surface area contributed by atoms with E-state index in [1.165, 1.54) is 0 Å². The first-order valence-electron chi connectivity index (χ1n) is 9.11. The summed E-state index contributed by atoms with van der Waals surface area (Å²) < 4.78 is 10.6. The molecule has 0 aliphatic carbocycles. The highest BCUT2D eigenvalue weighted by molar-refractivity contribution is 7.59. The number of aliphatic hydroxyl groups excluding tert-OH is 2. The Balaban J connectivity index is 0.00000420. The molecule has 2 rings (SSSR count). The summed E-state index contributed by atoms with van der Waals surface area (Å²) in [5.41, 5.74) is 0.910. The Morgan fingerprint density at radius 1 is 1.24 bits per heavy atom. The molecule has 4 N–H and O–H groups in total. The number of carbonyl (C=O) groups excluding carboxylic acids is 3. The van der Waals surface area contributed by atoms with Gasteiger partial charge >= 0.3 is 0 Å². The Bertz CT molecular complexity index is 647. The van der Waals surface area contributed by atoms with Crippen molar-refractivity contribution in [1.82, 2.24) is 10.6 Å². The molecule has 162 valence electrons. The van der Waals surface area contributed by atoms with Crippen LogP contribution in [0, 0.1) is 0 Å². The molecule has 1 aliphatic heterocycles. The molecule has 0 radical (unpaired) electrons. The summed E-state index contributed by atoms with van der Waals surface area (Å²) in [6.07, 6.45) is -0.485. The van der Waals surface area contributed by atoms with Gasteiger partial charge in [0, 0.05) is 12.8 Å². The number of amides is 2. The fraction of sp³-hybridized carbons (Fsp3) is 0.526. The van der Waals surface area contributed by atoms with Crippen LogP contribution in [-0.2, 0) is 30.3 Å². The second-order valence-electron chi connectivity index (χ2n) is 6.58. The van der Waals surface area contributed by atoms with Crippen LogP contribution >= 0.6 is 13.5 Å². The van der Waals surface area contributed by atoms with Crippen LogP contribution in [0.1, 0.15) is 18.4 Å². The molecule has 29 heavy (non-hydrogen) atoms. The highest BCUT2D eigenvalue weighted by Crippen LogP contribution is 2.20. The number of hydrogen-bond donors (Lipinski definition) is 4. The number of benzene rings is 1. The van der Waals surface area contributed by atoms with Crippen LogP contribution in [0.25, 0.3) is 0 Å². The highest BCUT2D eigenvalue weighted by atomic mass is 32.1. The van der Waals surface area contributed by atoms with Crippen LogP contribution in [0.15, 0.2) is 30.3 Å². The van der Waals surface area contributed by atoms with Crippen LogP contribution in [0.5, 0.6) is 0 Å². The second kappa shape index (κ2) is 13.3. The largest absolute Gasteiger partial charge is 0.394 e. The van der Waals surface area contributed by atoms with Gasteiger partial charge in [0.1, 0.15) is 12.9 Å². The summed E-state index contributed by atoms with van der Waals surface area (Å²) in [6.45, 7) is -0.900. The molecule has 4 atom stereocenters. The van der Waals surface area contributed by atoms with E-state index in [1.807, 2.05) is 30.3 Å². The topological polar surface area (TPSA) is 134 Å². The predicted molar refractivity (Wildman–Crippen MR) is 108 cm³/mol. The molecule has 0 aromatic heterocycles. The van der Waals surface area contributed by atoms with E-state index in [-0.39, 0.29) is 39.7 Å². The van der Waals surface area contributed by atoms with E-state index in [2.05, 4.69) is 10.6 Å². The van der Waals surface area contributed by atoms with E-state index >= 15 is 0 Å². The van der Waals surface area contributed by atoms with Crippen LogP contribution in [0.3, 0.4) is 0 Å². The molecule has 1 fully saturated rings. The number of ether oxygens (including phenoxy) is 2. The minimum Gasteiger partial charge on any atom is -0.394 e. The lowest BCUT2D eigenvalue weighted by Crippen LogP contribution is -2.45. The van der Waals surface area contributed by atoms with Crippen molar-refractivity contribution in [3.05, 3.63) is 35.9 Å². The SMILES string of the molecule is O=C[C@H](Cc1ccccc1)NC(=O)CNC(=O)CO[C@H]1C[C@@H](O)C[C@@H](CO)O1.S. The van der Waals surface area contributed by atoms with Gasteiger partial charge in [0.05, 0.1) is 31.4 Å². The predicted octanol–water partition coefficient (Wildman–Crippen LogP) is -0.983. The Morgan fingerprint density at radius 3 is 2.62 bits per heavy atom. The number of nitrogens with one attached hydrogen (secondary N) is 2. The fourth-order valence-electron chi connectivity index (χ4n) is 2.83. The van der Waals surface area contributed by atoms with Crippen molar-refractivity contribution >= 4 is 31.6 Å². The molecular weight excluding hydrogens is 400 g/mol. The summed E-state index contributed by atoms with van der Waals surface area (Å²) in [5, 5.41) is 23.7. The fourth-order valence-corrected chi connectivity index (χ4v) is 2.83. The lowest BCUT2D eigenvalue weighted by Gasteiger charge is -2.31. The van der Waals surface area contributed by atoms with Gasteiger partial charge in [-0.2, -0.15) is 13.5 Å². The van der Waals surface area contributed by atoms with Gasteiger partial charge in [0.25, 0.3) is 0 Å². The lowest BCUT2D eigenvalue weighted by molar-refractivity contribution is -0.221. The highest BCUT2D eigenvalue weighted by Gasteiger charge is 2.28. The molecule has 2 amide bonds. The zero-order valence-corrected chi connectivity index (χ0v) is 17.0. The first-order chi connectivity index (χ1) is 13.5. The van der Waals surface area contributed by atoms with Crippen molar-refractivity contribution in [3.63, 3.8) is 0 Å². The van der Waals surface area contributed by atoms with Gasteiger partial charge in [-0.25, -0.2) is 0 Å². The molecule has 10 heteroatoms. The van der Waals surface area contributed by atoms with Gasteiger partial charge < -0.3 is 35.1 Å². The van der Waals surface area contributed by atoms with Crippen molar-refractivity contribution in [3.8, 4) is 0 Å². The first-order valence-corrected chi connectivity index (χ1v) is 9.11. The molecule has 0 unspecified atom stereocenters. The second-order valence-corrected chi connectivity index (χ2v) is 6.58. The molecule has 1 saturated heterocycles. The van der Waals surface area contributed by atoms with E-state index < -0.39 is 36.4 Å². The van der Waals surface area contributed by atoms with Crippen LogP contribution in [-0.4, -0.2) is 72.6 Å². The van der Waals surface area contributed by atoms with E-state index in [4.69, 9.17) is 14.6 Å². The molecule has 0 saturated carbocycles. The average Bonchev–Trinajstić information content (AvgIpc) is 2.70. The van der Waals surface area contributed by atoms with E-state index in [9.17, 15) is 19.5 Å². The van der Waals surface area contributed by atoms with Crippen molar-refractivity contribution in [2.24, 2.45) is 0 Å². The number of carbonyl (C=O) groups is 3. The molecule has 1 aromatic carbocycles. The Hall–Kier alpha value is -1.98. The van der Waals surface area contributed by atoms with Gasteiger partial charge in [-0.1, -0.05) is 30.3 Å².